The van der Waals surface area contributed by atoms with Gasteiger partial charge in [0.1, 0.15) is 0 Å². The molecule has 8 heteroatoms. The van der Waals surface area contributed by atoms with E-state index in [0.717, 1.165) is 17.7 Å². The second kappa shape index (κ2) is 7.84. The van der Waals surface area contributed by atoms with Gasteiger partial charge < -0.3 is 19.7 Å². The number of hydrogen-bond donors (Lipinski definition) is 1. The Bertz CT molecular complexity index is 929. The summed E-state index contributed by atoms with van der Waals surface area (Å²) in [5.74, 6) is 0.133. The third-order valence-corrected chi connectivity index (χ3v) is 4.79. The molecule has 1 N–H and O–H groups in total. The summed E-state index contributed by atoms with van der Waals surface area (Å²) in [6, 6.07) is 5.90. The van der Waals surface area contributed by atoms with Gasteiger partial charge in [0.2, 0.25) is 17.7 Å². The average molecular weight is 384 g/mol. The fraction of sp³-hybridized carbons (Fsp3) is 0.400. The van der Waals surface area contributed by atoms with Crippen molar-refractivity contribution >= 4 is 23.2 Å². The fourth-order valence-electron chi connectivity index (χ4n) is 3.56. The van der Waals surface area contributed by atoms with Gasteiger partial charge in [0.05, 0.1) is 26.3 Å². The third kappa shape index (κ3) is 3.76. The second-order valence-electron chi connectivity index (χ2n) is 6.79. The lowest BCUT2D eigenvalue weighted by atomic mass is 10.1. The van der Waals surface area contributed by atoms with Crippen LogP contribution in [0.4, 0.5) is 11.4 Å². The number of nitrogens with one attached hydrogen (secondary N) is 1. The number of benzene rings is 1. The molecule has 28 heavy (non-hydrogen) atoms. The quantitative estimate of drug-likeness (QED) is 0.850. The summed E-state index contributed by atoms with van der Waals surface area (Å²) in [6.07, 6.45) is 0.837. The number of aryl methyl sites for hydroxylation is 1. The molecule has 1 aliphatic heterocycles. The number of rotatable bonds is 5. The predicted octanol–water partition coefficient (Wildman–Crippen LogP) is 2.28. The monoisotopic (exact) mass is 384 g/mol. The van der Waals surface area contributed by atoms with Crippen LogP contribution >= 0.6 is 0 Å². The molecule has 1 aromatic heterocycles. The molecule has 8 nitrogen and oxygen atoms in total. The number of amides is 2. The van der Waals surface area contributed by atoms with Crippen molar-refractivity contribution in [2.24, 2.45) is 0 Å². The minimum Gasteiger partial charge on any atom is -0.481 e. The van der Waals surface area contributed by atoms with E-state index < -0.39 is 0 Å². The van der Waals surface area contributed by atoms with E-state index in [9.17, 15) is 9.59 Å². The summed E-state index contributed by atoms with van der Waals surface area (Å²) in [5.41, 5.74) is 3.87. The van der Waals surface area contributed by atoms with Crippen LogP contribution < -0.4 is 19.7 Å². The first-order chi connectivity index (χ1) is 13.3. The first kappa shape index (κ1) is 19.6. The number of carbonyl (C=O) groups excluding carboxylic acids is 2. The van der Waals surface area contributed by atoms with Gasteiger partial charge in [-0.15, -0.1) is 0 Å². The van der Waals surface area contributed by atoms with Crippen LogP contribution in [0.15, 0.2) is 18.2 Å². The highest BCUT2D eigenvalue weighted by Crippen LogP contribution is 2.34. The number of aromatic nitrogens is 2. The zero-order valence-corrected chi connectivity index (χ0v) is 16.7. The van der Waals surface area contributed by atoms with Gasteiger partial charge in [-0.1, -0.05) is 0 Å². The molecule has 0 saturated heterocycles. The van der Waals surface area contributed by atoms with Gasteiger partial charge in [0, 0.05) is 29.9 Å². The normalized spacial score (nSPS) is 15.2. The van der Waals surface area contributed by atoms with E-state index in [1.807, 2.05) is 19.1 Å². The zero-order chi connectivity index (χ0) is 20.4. The molecule has 2 aromatic rings. The smallest absolute Gasteiger partial charge is 0.319 e. The summed E-state index contributed by atoms with van der Waals surface area (Å²) in [5, 5.41) is 2.90. The number of methoxy groups -OCH3 is 2. The highest BCUT2D eigenvalue weighted by atomic mass is 16.5. The van der Waals surface area contributed by atoms with Crippen LogP contribution in [-0.4, -0.2) is 42.0 Å². The minimum atomic E-state index is -0.204. The highest BCUT2D eigenvalue weighted by molar-refractivity contribution is 5.96. The maximum Gasteiger partial charge on any atom is 0.319 e. The molecule has 0 bridgehead atoms. The lowest BCUT2D eigenvalue weighted by molar-refractivity contribution is -0.117. The Morgan fingerprint density at radius 3 is 2.64 bits per heavy atom. The van der Waals surface area contributed by atoms with E-state index >= 15 is 0 Å². The van der Waals surface area contributed by atoms with E-state index in [1.54, 1.807) is 24.8 Å². The van der Waals surface area contributed by atoms with Crippen molar-refractivity contribution in [3.63, 3.8) is 0 Å². The summed E-state index contributed by atoms with van der Waals surface area (Å²) in [4.78, 5) is 34.6. The summed E-state index contributed by atoms with van der Waals surface area (Å²) in [7, 11) is 2.97. The molecular formula is C20H24N4O4. The topological polar surface area (TPSA) is 93.7 Å². The Morgan fingerprint density at radius 1 is 1.25 bits per heavy atom. The number of ether oxygens (including phenoxy) is 2. The molecule has 148 valence electrons. The van der Waals surface area contributed by atoms with Gasteiger partial charge >= 0.3 is 6.01 Å². The molecule has 0 unspecified atom stereocenters. The minimum absolute atomic E-state index is 0.0186. The molecule has 0 aliphatic carbocycles. The van der Waals surface area contributed by atoms with Crippen LogP contribution in [0.3, 0.4) is 0 Å². The van der Waals surface area contributed by atoms with Crippen LogP contribution in [-0.2, 0) is 22.4 Å². The molecular weight excluding hydrogens is 360 g/mol. The maximum atomic E-state index is 12.6. The first-order valence-electron chi connectivity index (χ1n) is 9.02. The lowest BCUT2D eigenvalue weighted by Crippen LogP contribution is -2.33. The SMILES string of the molecule is COc1nc(C)c(CC(=O)Nc2ccc3c(c2)C[C@@H](C)N3C(C)=O)c(OC)n1. The average Bonchev–Trinajstić information content (AvgIpc) is 2.98. The van der Waals surface area contributed by atoms with Crippen LogP contribution in [0, 0.1) is 6.92 Å². The van der Waals surface area contributed by atoms with Gasteiger partial charge in [-0.25, -0.2) is 4.98 Å². The molecule has 2 heterocycles. The Kier molecular flexibility index (Phi) is 5.48. The number of hydrogen-bond acceptors (Lipinski definition) is 6. The third-order valence-electron chi connectivity index (χ3n) is 4.79. The first-order valence-corrected chi connectivity index (χ1v) is 9.02. The Hall–Kier alpha value is -3.16. The molecule has 0 spiro atoms. The fourth-order valence-corrected chi connectivity index (χ4v) is 3.56. The van der Waals surface area contributed by atoms with Crippen LogP contribution in [0.1, 0.15) is 30.7 Å². The molecule has 1 atom stereocenters. The zero-order valence-electron chi connectivity index (χ0n) is 16.7. The Morgan fingerprint density at radius 2 is 2.00 bits per heavy atom. The van der Waals surface area contributed by atoms with Crippen molar-refractivity contribution in [3.05, 3.63) is 35.0 Å². The van der Waals surface area contributed by atoms with Gasteiger partial charge in [0.25, 0.3) is 0 Å². The summed E-state index contributed by atoms with van der Waals surface area (Å²) >= 11 is 0. The highest BCUT2D eigenvalue weighted by Gasteiger charge is 2.29. The second-order valence-corrected chi connectivity index (χ2v) is 6.79. The molecule has 1 aromatic carbocycles. The van der Waals surface area contributed by atoms with Crippen LogP contribution in [0.25, 0.3) is 0 Å². The number of fused-ring (bicyclic) bond motifs is 1. The molecule has 3 rings (SSSR count). The van der Waals surface area contributed by atoms with E-state index in [1.165, 1.54) is 14.2 Å². The number of anilines is 2. The van der Waals surface area contributed by atoms with Gasteiger partial charge in [-0.3, -0.25) is 9.59 Å². The molecule has 1 aliphatic rings. The van der Waals surface area contributed by atoms with Gasteiger partial charge in [0.15, 0.2) is 0 Å². The van der Waals surface area contributed by atoms with Crippen molar-refractivity contribution in [1.82, 2.24) is 9.97 Å². The van der Waals surface area contributed by atoms with Crippen LogP contribution in [0.5, 0.6) is 11.9 Å². The van der Waals surface area contributed by atoms with E-state index in [0.29, 0.717) is 22.8 Å². The Labute approximate surface area is 163 Å². The van der Waals surface area contributed by atoms with E-state index in [-0.39, 0.29) is 30.3 Å². The van der Waals surface area contributed by atoms with Crippen molar-refractivity contribution in [1.29, 1.82) is 0 Å². The predicted molar refractivity (Wildman–Crippen MR) is 105 cm³/mol. The largest absolute Gasteiger partial charge is 0.481 e. The number of carbonyl (C=O) groups is 2. The molecule has 2 amide bonds. The van der Waals surface area contributed by atoms with Gasteiger partial charge in [-0.05, 0) is 44.0 Å². The standard InChI is InChI=1S/C20H24N4O4/c1-11-8-14-9-15(6-7-17(14)24(11)13(3)25)22-18(26)10-16-12(2)21-20(28-5)23-19(16)27-4/h6-7,9,11H,8,10H2,1-5H3,(H,22,26)/t11-/m1/s1. The van der Waals surface area contributed by atoms with Crippen molar-refractivity contribution in [2.45, 2.75) is 39.7 Å². The lowest BCUT2D eigenvalue weighted by Gasteiger charge is -2.20. The molecule has 0 saturated carbocycles. The van der Waals surface area contributed by atoms with Crippen molar-refractivity contribution in [2.75, 3.05) is 24.4 Å². The summed E-state index contributed by atoms with van der Waals surface area (Å²) < 4.78 is 10.3. The van der Waals surface area contributed by atoms with Crippen molar-refractivity contribution < 1.29 is 19.1 Å². The summed E-state index contributed by atoms with van der Waals surface area (Å²) in [6.45, 7) is 5.36. The van der Waals surface area contributed by atoms with Crippen LogP contribution in [0.2, 0.25) is 0 Å². The molecule has 0 radical (unpaired) electrons. The van der Waals surface area contributed by atoms with E-state index in [2.05, 4.69) is 15.3 Å². The Balaban J connectivity index is 1.77. The number of nitrogens with zero attached hydrogens (tertiary/aromatic N) is 3. The van der Waals surface area contributed by atoms with Gasteiger partial charge in [-0.2, -0.15) is 4.98 Å². The molecule has 0 fully saturated rings. The van der Waals surface area contributed by atoms with E-state index in [4.69, 9.17) is 9.47 Å². The maximum absolute atomic E-state index is 12.6. The van der Waals surface area contributed by atoms with Crippen molar-refractivity contribution in [3.8, 4) is 11.9 Å².